The molecular formula is C15H24N2O. The van der Waals surface area contributed by atoms with Crippen molar-refractivity contribution in [1.29, 1.82) is 0 Å². The molecular weight excluding hydrogens is 224 g/mol. The van der Waals surface area contributed by atoms with Gasteiger partial charge in [0.05, 0.1) is 0 Å². The molecule has 0 aliphatic rings. The summed E-state index contributed by atoms with van der Waals surface area (Å²) in [6, 6.07) is 7.88. The van der Waals surface area contributed by atoms with Crippen LogP contribution in [0.2, 0.25) is 0 Å². The largest absolute Gasteiger partial charge is 0.385 e. The highest BCUT2D eigenvalue weighted by Gasteiger charge is 2.03. The molecule has 3 nitrogen and oxygen atoms in total. The van der Waals surface area contributed by atoms with Crippen LogP contribution < -0.4 is 10.6 Å². The summed E-state index contributed by atoms with van der Waals surface area (Å²) in [5, 5.41) is 6.27. The number of carbonyl (C=O) groups is 1. The lowest BCUT2D eigenvalue weighted by atomic mass is 10.0. The van der Waals surface area contributed by atoms with Crippen LogP contribution in [0.25, 0.3) is 0 Å². The molecule has 0 saturated carbocycles. The molecule has 1 rings (SSSR count). The number of rotatable bonds is 7. The van der Waals surface area contributed by atoms with Crippen molar-refractivity contribution in [2.75, 3.05) is 17.2 Å². The van der Waals surface area contributed by atoms with E-state index in [1.807, 2.05) is 31.2 Å². The third-order valence-electron chi connectivity index (χ3n) is 3.24. The molecule has 0 bridgehead atoms. The van der Waals surface area contributed by atoms with Gasteiger partial charge in [-0.15, -0.1) is 0 Å². The van der Waals surface area contributed by atoms with Crippen LogP contribution in [0.4, 0.5) is 11.4 Å². The van der Waals surface area contributed by atoms with Crippen LogP contribution in [0.5, 0.6) is 0 Å². The van der Waals surface area contributed by atoms with Gasteiger partial charge in [-0.05, 0) is 30.2 Å². The molecule has 0 aromatic heterocycles. The Morgan fingerprint density at radius 2 is 1.61 bits per heavy atom. The van der Waals surface area contributed by atoms with Crippen LogP contribution in [0.1, 0.15) is 40.0 Å². The van der Waals surface area contributed by atoms with Crippen LogP contribution in [0.15, 0.2) is 24.3 Å². The van der Waals surface area contributed by atoms with Crippen LogP contribution in [0.3, 0.4) is 0 Å². The summed E-state index contributed by atoms with van der Waals surface area (Å²) in [4.78, 5) is 11.2. The van der Waals surface area contributed by atoms with Crippen molar-refractivity contribution in [3.8, 4) is 0 Å². The first-order valence-electron chi connectivity index (χ1n) is 6.83. The van der Waals surface area contributed by atoms with Gasteiger partial charge in [0.15, 0.2) is 0 Å². The lowest BCUT2D eigenvalue weighted by Gasteiger charge is -2.14. The number of nitrogens with one attached hydrogen (secondary N) is 2. The van der Waals surface area contributed by atoms with Crippen LogP contribution in [-0.4, -0.2) is 12.5 Å². The number of carbonyl (C=O) groups excluding carboxylic acids is 1. The molecule has 0 radical (unpaired) electrons. The Hall–Kier alpha value is -1.51. The first kappa shape index (κ1) is 14.6. The zero-order valence-electron chi connectivity index (χ0n) is 11.6. The van der Waals surface area contributed by atoms with Crippen molar-refractivity contribution in [3.05, 3.63) is 24.3 Å². The SMILES string of the molecule is CCC(=O)Nc1ccc(NCC(CC)CC)cc1. The number of hydrogen-bond acceptors (Lipinski definition) is 2. The van der Waals surface area contributed by atoms with Gasteiger partial charge >= 0.3 is 0 Å². The van der Waals surface area contributed by atoms with Crippen molar-refractivity contribution >= 4 is 17.3 Å². The molecule has 18 heavy (non-hydrogen) atoms. The Balaban J connectivity index is 2.47. The van der Waals surface area contributed by atoms with E-state index in [9.17, 15) is 4.79 Å². The Bertz CT molecular complexity index is 355. The van der Waals surface area contributed by atoms with Gasteiger partial charge in [-0.25, -0.2) is 0 Å². The van der Waals surface area contributed by atoms with E-state index in [1.165, 1.54) is 12.8 Å². The molecule has 0 fully saturated rings. The lowest BCUT2D eigenvalue weighted by Crippen LogP contribution is -2.13. The van der Waals surface area contributed by atoms with Crippen LogP contribution >= 0.6 is 0 Å². The minimum Gasteiger partial charge on any atom is -0.385 e. The second-order valence-corrected chi connectivity index (χ2v) is 4.54. The number of hydrogen-bond donors (Lipinski definition) is 2. The summed E-state index contributed by atoms with van der Waals surface area (Å²) in [5.41, 5.74) is 1.96. The molecule has 1 aromatic rings. The Morgan fingerprint density at radius 1 is 1.06 bits per heavy atom. The molecule has 0 atom stereocenters. The molecule has 0 saturated heterocycles. The fraction of sp³-hybridized carbons (Fsp3) is 0.533. The summed E-state index contributed by atoms with van der Waals surface area (Å²) in [6.45, 7) is 7.30. The molecule has 3 heteroatoms. The van der Waals surface area contributed by atoms with Gasteiger partial charge in [0.1, 0.15) is 0 Å². The monoisotopic (exact) mass is 248 g/mol. The highest BCUT2D eigenvalue weighted by Crippen LogP contribution is 2.15. The topological polar surface area (TPSA) is 41.1 Å². The van der Waals surface area contributed by atoms with Crippen molar-refractivity contribution in [3.63, 3.8) is 0 Å². The fourth-order valence-corrected chi connectivity index (χ4v) is 1.76. The predicted molar refractivity (Wildman–Crippen MR) is 77.9 cm³/mol. The normalized spacial score (nSPS) is 10.4. The molecule has 0 spiro atoms. The number of benzene rings is 1. The quantitative estimate of drug-likeness (QED) is 0.768. The minimum atomic E-state index is 0.0488. The van der Waals surface area contributed by atoms with E-state index in [0.29, 0.717) is 6.42 Å². The zero-order chi connectivity index (χ0) is 13.4. The maximum absolute atomic E-state index is 11.2. The highest BCUT2D eigenvalue weighted by atomic mass is 16.1. The van der Waals surface area contributed by atoms with Crippen LogP contribution in [-0.2, 0) is 4.79 Å². The van der Waals surface area contributed by atoms with E-state index >= 15 is 0 Å². The molecule has 0 unspecified atom stereocenters. The van der Waals surface area contributed by atoms with E-state index in [-0.39, 0.29) is 5.91 Å². The summed E-state index contributed by atoms with van der Waals surface area (Å²) in [5.74, 6) is 0.775. The maximum Gasteiger partial charge on any atom is 0.224 e. The molecule has 1 aromatic carbocycles. The molecule has 0 aliphatic carbocycles. The lowest BCUT2D eigenvalue weighted by molar-refractivity contribution is -0.115. The molecule has 1 amide bonds. The van der Waals surface area contributed by atoms with Crippen LogP contribution in [0, 0.1) is 5.92 Å². The average molecular weight is 248 g/mol. The summed E-state index contributed by atoms with van der Waals surface area (Å²) in [7, 11) is 0. The summed E-state index contributed by atoms with van der Waals surface area (Å²) in [6.07, 6.45) is 2.91. The molecule has 2 N–H and O–H groups in total. The van der Waals surface area contributed by atoms with E-state index in [1.54, 1.807) is 0 Å². The fourth-order valence-electron chi connectivity index (χ4n) is 1.76. The van der Waals surface area contributed by atoms with E-state index in [2.05, 4.69) is 24.5 Å². The summed E-state index contributed by atoms with van der Waals surface area (Å²) >= 11 is 0. The van der Waals surface area contributed by atoms with E-state index < -0.39 is 0 Å². The average Bonchev–Trinajstić information content (AvgIpc) is 2.41. The molecule has 0 heterocycles. The highest BCUT2D eigenvalue weighted by molar-refractivity contribution is 5.90. The van der Waals surface area contributed by atoms with Crippen molar-refractivity contribution in [1.82, 2.24) is 0 Å². The zero-order valence-corrected chi connectivity index (χ0v) is 11.6. The van der Waals surface area contributed by atoms with E-state index in [0.717, 1.165) is 23.8 Å². The first-order chi connectivity index (χ1) is 8.69. The van der Waals surface area contributed by atoms with Gasteiger partial charge in [0.2, 0.25) is 5.91 Å². The van der Waals surface area contributed by atoms with Gasteiger partial charge in [-0.3, -0.25) is 4.79 Å². The van der Waals surface area contributed by atoms with Gasteiger partial charge in [0.25, 0.3) is 0 Å². The van der Waals surface area contributed by atoms with Gasteiger partial charge < -0.3 is 10.6 Å². The smallest absolute Gasteiger partial charge is 0.224 e. The standard InChI is InChI=1S/C15H24N2O/c1-4-12(5-2)11-16-13-7-9-14(10-8-13)17-15(18)6-3/h7-10,12,16H,4-6,11H2,1-3H3,(H,17,18). The minimum absolute atomic E-state index is 0.0488. The van der Waals surface area contributed by atoms with Gasteiger partial charge in [-0.2, -0.15) is 0 Å². The maximum atomic E-state index is 11.2. The van der Waals surface area contributed by atoms with E-state index in [4.69, 9.17) is 0 Å². The Morgan fingerprint density at radius 3 is 2.11 bits per heavy atom. The third-order valence-corrected chi connectivity index (χ3v) is 3.24. The van der Waals surface area contributed by atoms with Gasteiger partial charge in [-0.1, -0.05) is 33.6 Å². The second-order valence-electron chi connectivity index (χ2n) is 4.54. The van der Waals surface area contributed by atoms with Crippen molar-refractivity contribution in [2.45, 2.75) is 40.0 Å². The first-order valence-corrected chi connectivity index (χ1v) is 6.83. The molecule has 0 aliphatic heterocycles. The van der Waals surface area contributed by atoms with Crippen molar-refractivity contribution < 1.29 is 4.79 Å². The molecule has 100 valence electrons. The number of anilines is 2. The van der Waals surface area contributed by atoms with Gasteiger partial charge in [0, 0.05) is 24.3 Å². The Labute approximate surface area is 110 Å². The number of amides is 1. The predicted octanol–water partition coefficient (Wildman–Crippen LogP) is 3.88. The third kappa shape index (κ3) is 4.78. The summed E-state index contributed by atoms with van der Waals surface area (Å²) < 4.78 is 0. The Kier molecular flexibility index (Phi) is 6.26. The second kappa shape index (κ2) is 7.75. The van der Waals surface area contributed by atoms with Crippen molar-refractivity contribution in [2.24, 2.45) is 5.92 Å².